The summed E-state index contributed by atoms with van der Waals surface area (Å²) in [5, 5.41) is 11.7. The van der Waals surface area contributed by atoms with Gasteiger partial charge in [-0.05, 0) is 55.3 Å². The zero-order valence-corrected chi connectivity index (χ0v) is 11.3. The van der Waals surface area contributed by atoms with Crippen LogP contribution in [0.5, 0.6) is 0 Å². The Labute approximate surface area is 117 Å². The minimum atomic E-state index is -1.05. The third-order valence-electron chi connectivity index (χ3n) is 3.14. The van der Waals surface area contributed by atoms with Crippen LogP contribution in [0.2, 0.25) is 0 Å². The lowest BCUT2D eigenvalue weighted by atomic mass is 10.1. The summed E-state index contributed by atoms with van der Waals surface area (Å²) in [7, 11) is 0. The van der Waals surface area contributed by atoms with Crippen molar-refractivity contribution in [1.29, 1.82) is 0 Å². The average Bonchev–Trinajstić information content (AvgIpc) is 2.43. The largest absolute Gasteiger partial charge is 0.478 e. The standard InChI is InChI=1S/C16H15NO3/c1-10-6-7-14(8-11(10)2)17-15(18)12-4-3-5-13(9-12)16(19)20/h3-9H,1-2H3,(H,17,18)(H,19,20). The molecule has 0 saturated carbocycles. The average molecular weight is 269 g/mol. The maximum Gasteiger partial charge on any atom is 0.335 e. The van der Waals surface area contributed by atoms with Crippen LogP contribution < -0.4 is 5.32 Å². The van der Waals surface area contributed by atoms with Crippen LogP contribution in [0, 0.1) is 13.8 Å². The van der Waals surface area contributed by atoms with Crippen LogP contribution in [0.15, 0.2) is 42.5 Å². The highest BCUT2D eigenvalue weighted by molar-refractivity contribution is 6.05. The van der Waals surface area contributed by atoms with Crippen molar-refractivity contribution in [1.82, 2.24) is 0 Å². The van der Waals surface area contributed by atoms with E-state index in [0.29, 0.717) is 11.3 Å². The lowest BCUT2D eigenvalue weighted by Gasteiger charge is -2.08. The van der Waals surface area contributed by atoms with Gasteiger partial charge in [-0.2, -0.15) is 0 Å². The first-order valence-electron chi connectivity index (χ1n) is 6.19. The van der Waals surface area contributed by atoms with E-state index in [9.17, 15) is 9.59 Å². The molecule has 0 aliphatic rings. The number of anilines is 1. The molecule has 4 heteroatoms. The van der Waals surface area contributed by atoms with Crippen LogP contribution in [0.25, 0.3) is 0 Å². The first kappa shape index (κ1) is 13.8. The van der Waals surface area contributed by atoms with Gasteiger partial charge < -0.3 is 10.4 Å². The van der Waals surface area contributed by atoms with Gasteiger partial charge in [-0.25, -0.2) is 4.79 Å². The van der Waals surface area contributed by atoms with Crippen LogP contribution >= 0.6 is 0 Å². The molecule has 2 aromatic carbocycles. The van der Waals surface area contributed by atoms with E-state index in [-0.39, 0.29) is 11.5 Å². The lowest BCUT2D eigenvalue weighted by molar-refractivity contribution is 0.0697. The molecule has 0 atom stereocenters. The SMILES string of the molecule is Cc1ccc(NC(=O)c2cccc(C(=O)O)c2)cc1C. The number of hydrogen-bond acceptors (Lipinski definition) is 2. The molecule has 1 amide bonds. The van der Waals surface area contributed by atoms with Crippen LogP contribution in [-0.4, -0.2) is 17.0 Å². The first-order chi connectivity index (χ1) is 9.47. The number of aryl methyl sites for hydroxylation is 2. The van der Waals surface area contributed by atoms with Gasteiger partial charge in [0.25, 0.3) is 5.91 Å². The van der Waals surface area contributed by atoms with Gasteiger partial charge in [0.1, 0.15) is 0 Å². The van der Waals surface area contributed by atoms with Crippen molar-refractivity contribution >= 4 is 17.6 Å². The zero-order chi connectivity index (χ0) is 14.7. The van der Waals surface area contributed by atoms with Crippen LogP contribution in [0.1, 0.15) is 31.8 Å². The fraction of sp³-hybridized carbons (Fsp3) is 0.125. The molecule has 0 bridgehead atoms. The van der Waals surface area contributed by atoms with E-state index >= 15 is 0 Å². The number of carboxylic acid groups (broad SMARTS) is 1. The Morgan fingerprint density at radius 3 is 2.30 bits per heavy atom. The highest BCUT2D eigenvalue weighted by Gasteiger charge is 2.10. The second-order valence-electron chi connectivity index (χ2n) is 4.64. The molecule has 0 saturated heterocycles. The Morgan fingerprint density at radius 2 is 1.65 bits per heavy atom. The molecule has 102 valence electrons. The minimum absolute atomic E-state index is 0.0951. The van der Waals surface area contributed by atoms with Crippen LogP contribution in [0.3, 0.4) is 0 Å². The Balaban J connectivity index is 2.21. The molecule has 0 unspecified atom stereocenters. The molecular weight excluding hydrogens is 254 g/mol. The molecule has 0 radical (unpaired) electrons. The topological polar surface area (TPSA) is 66.4 Å². The van der Waals surface area contributed by atoms with Gasteiger partial charge >= 0.3 is 5.97 Å². The van der Waals surface area contributed by atoms with E-state index in [1.165, 1.54) is 12.1 Å². The monoisotopic (exact) mass is 269 g/mol. The van der Waals surface area contributed by atoms with Gasteiger partial charge in [-0.3, -0.25) is 4.79 Å². The van der Waals surface area contributed by atoms with Crippen molar-refractivity contribution in [2.24, 2.45) is 0 Å². The fourth-order valence-electron chi connectivity index (χ4n) is 1.82. The van der Waals surface area contributed by atoms with Crippen molar-refractivity contribution in [3.63, 3.8) is 0 Å². The molecule has 0 aromatic heterocycles. The Morgan fingerprint density at radius 1 is 0.950 bits per heavy atom. The van der Waals surface area contributed by atoms with E-state index in [4.69, 9.17) is 5.11 Å². The molecule has 20 heavy (non-hydrogen) atoms. The van der Waals surface area contributed by atoms with Crippen LogP contribution in [0.4, 0.5) is 5.69 Å². The second-order valence-corrected chi connectivity index (χ2v) is 4.64. The highest BCUT2D eigenvalue weighted by atomic mass is 16.4. The van der Waals surface area contributed by atoms with Crippen molar-refractivity contribution in [3.8, 4) is 0 Å². The van der Waals surface area contributed by atoms with Crippen molar-refractivity contribution in [3.05, 3.63) is 64.7 Å². The number of carboxylic acids is 1. The lowest BCUT2D eigenvalue weighted by Crippen LogP contribution is -2.13. The maximum atomic E-state index is 12.1. The van der Waals surface area contributed by atoms with E-state index in [2.05, 4.69) is 5.32 Å². The molecule has 0 aliphatic heterocycles. The predicted octanol–water partition coefficient (Wildman–Crippen LogP) is 3.25. The summed E-state index contributed by atoms with van der Waals surface area (Å²) in [6, 6.07) is 11.6. The van der Waals surface area contributed by atoms with E-state index < -0.39 is 5.97 Å². The van der Waals surface area contributed by atoms with Crippen molar-refractivity contribution in [2.45, 2.75) is 13.8 Å². The minimum Gasteiger partial charge on any atom is -0.478 e. The Hall–Kier alpha value is -2.62. The number of carbonyl (C=O) groups excluding carboxylic acids is 1. The predicted molar refractivity (Wildman–Crippen MR) is 77.3 cm³/mol. The summed E-state index contributed by atoms with van der Waals surface area (Å²) in [5.41, 5.74) is 3.35. The third-order valence-corrected chi connectivity index (χ3v) is 3.14. The summed E-state index contributed by atoms with van der Waals surface area (Å²) in [4.78, 5) is 23.0. The summed E-state index contributed by atoms with van der Waals surface area (Å²) >= 11 is 0. The fourth-order valence-corrected chi connectivity index (χ4v) is 1.82. The summed E-state index contributed by atoms with van der Waals surface area (Å²) in [6.07, 6.45) is 0. The summed E-state index contributed by atoms with van der Waals surface area (Å²) < 4.78 is 0. The molecule has 0 heterocycles. The highest BCUT2D eigenvalue weighted by Crippen LogP contribution is 2.15. The number of aromatic carboxylic acids is 1. The molecule has 0 aliphatic carbocycles. The van der Waals surface area contributed by atoms with Gasteiger partial charge in [0.05, 0.1) is 5.56 Å². The number of rotatable bonds is 3. The molecule has 2 rings (SSSR count). The normalized spacial score (nSPS) is 10.1. The molecular formula is C16H15NO3. The van der Waals surface area contributed by atoms with Gasteiger partial charge in [0.2, 0.25) is 0 Å². The smallest absolute Gasteiger partial charge is 0.335 e. The molecule has 2 aromatic rings. The second kappa shape index (κ2) is 5.57. The Bertz CT molecular complexity index is 677. The number of hydrogen-bond donors (Lipinski definition) is 2. The van der Waals surface area contributed by atoms with Gasteiger partial charge in [0, 0.05) is 11.3 Å². The van der Waals surface area contributed by atoms with E-state index in [0.717, 1.165) is 11.1 Å². The number of nitrogens with one attached hydrogen (secondary N) is 1. The number of amides is 1. The third kappa shape index (κ3) is 3.03. The van der Waals surface area contributed by atoms with Crippen LogP contribution in [-0.2, 0) is 0 Å². The first-order valence-corrected chi connectivity index (χ1v) is 6.19. The van der Waals surface area contributed by atoms with Crippen molar-refractivity contribution in [2.75, 3.05) is 5.32 Å². The molecule has 2 N–H and O–H groups in total. The summed E-state index contributed by atoms with van der Waals surface area (Å²) in [6.45, 7) is 3.97. The number of benzene rings is 2. The molecule has 4 nitrogen and oxygen atoms in total. The van der Waals surface area contributed by atoms with E-state index in [1.807, 2.05) is 32.0 Å². The maximum absolute atomic E-state index is 12.1. The van der Waals surface area contributed by atoms with Gasteiger partial charge in [-0.15, -0.1) is 0 Å². The van der Waals surface area contributed by atoms with Crippen molar-refractivity contribution < 1.29 is 14.7 Å². The quantitative estimate of drug-likeness (QED) is 0.898. The molecule has 0 fully saturated rings. The molecule has 0 spiro atoms. The van der Waals surface area contributed by atoms with E-state index in [1.54, 1.807) is 12.1 Å². The summed E-state index contributed by atoms with van der Waals surface area (Å²) in [5.74, 6) is -1.37. The van der Waals surface area contributed by atoms with Gasteiger partial charge in [-0.1, -0.05) is 12.1 Å². The zero-order valence-electron chi connectivity index (χ0n) is 11.3. The van der Waals surface area contributed by atoms with Gasteiger partial charge in [0.15, 0.2) is 0 Å². The number of carbonyl (C=O) groups is 2. The Kier molecular flexibility index (Phi) is 3.84.